The van der Waals surface area contributed by atoms with E-state index in [0.717, 1.165) is 52.5 Å². The summed E-state index contributed by atoms with van der Waals surface area (Å²) in [6.07, 6.45) is 0. The summed E-state index contributed by atoms with van der Waals surface area (Å²) in [5, 5.41) is 10.8. The van der Waals surface area contributed by atoms with Crippen molar-refractivity contribution >= 4 is 22.2 Å². The van der Waals surface area contributed by atoms with E-state index in [2.05, 4.69) is 33.9 Å². The summed E-state index contributed by atoms with van der Waals surface area (Å²) in [6.45, 7) is 2.78. The first kappa shape index (κ1) is 16.6. The smallest absolute Gasteiger partial charge is 0.258 e. The first-order valence-corrected chi connectivity index (χ1v) is 9.86. The highest BCUT2D eigenvalue weighted by Gasteiger charge is 2.26. The van der Waals surface area contributed by atoms with Crippen molar-refractivity contribution in [2.45, 2.75) is 6.04 Å². The highest BCUT2D eigenvalue weighted by molar-refractivity contribution is 7.13. The van der Waals surface area contributed by atoms with Crippen molar-refractivity contribution in [1.29, 1.82) is 0 Å². The molecule has 0 saturated carbocycles. The zero-order valence-corrected chi connectivity index (χ0v) is 15.7. The molecule has 0 radical (unpaired) electrons. The molecule has 27 heavy (non-hydrogen) atoms. The van der Waals surface area contributed by atoms with Crippen LogP contribution in [0.4, 0.5) is 0 Å². The monoisotopic (exact) mass is 377 g/mol. The van der Waals surface area contributed by atoms with Crippen molar-refractivity contribution in [3.8, 4) is 22.0 Å². The predicted octanol–water partition coefficient (Wildman–Crippen LogP) is 3.59. The van der Waals surface area contributed by atoms with Gasteiger partial charge >= 0.3 is 0 Å². The number of thiophene rings is 1. The second-order valence-corrected chi connectivity index (χ2v) is 7.66. The van der Waals surface area contributed by atoms with Gasteiger partial charge in [0.25, 0.3) is 5.89 Å². The lowest BCUT2D eigenvalue weighted by Crippen LogP contribution is -2.44. The number of hydrogen-bond donors (Lipinski definition) is 1. The minimum Gasteiger partial charge on any atom is -0.334 e. The van der Waals surface area contributed by atoms with Gasteiger partial charge in [-0.05, 0) is 30.6 Å². The number of aromatic nitrogens is 3. The van der Waals surface area contributed by atoms with Crippen molar-refractivity contribution in [2.24, 2.45) is 0 Å². The van der Waals surface area contributed by atoms with Crippen LogP contribution in [-0.2, 0) is 0 Å². The number of hydrogen-bond acceptors (Lipinski definition) is 7. The van der Waals surface area contributed by atoms with E-state index in [1.54, 1.807) is 11.3 Å². The largest absolute Gasteiger partial charge is 0.334 e. The molecular weight excluding hydrogens is 358 g/mol. The lowest BCUT2D eigenvalue weighted by Gasteiger charge is -2.30. The number of para-hydroxylation sites is 1. The van der Waals surface area contributed by atoms with Crippen LogP contribution in [-0.4, -0.2) is 46.7 Å². The van der Waals surface area contributed by atoms with Gasteiger partial charge in [-0.3, -0.25) is 4.90 Å². The minimum absolute atomic E-state index is 0.126. The Morgan fingerprint density at radius 1 is 1.19 bits per heavy atom. The number of rotatable bonds is 3. The lowest BCUT2D eigenvalue weighted by molar-refractivity contribution is 0.190. The third-order valence-electron chi connectivity index (χ3n) is 4.97. The molecule has 0 spiro atoms. The topological polar surface area (TPSA) is 67.1 Å². The highest BCUT2D eigenvalue weighted by atomic mass is 32.1. The summed E-state index contributed by atoms with van der Waals surface area (Å²) in [7, 11) is 2.10. The van der Waals surface area contributed by atoms with E-state index < -0.39 is 0 Å². The molecule has 5 rings (SSSR count). The molecule has 1 N–H and O–H groups in total. The molecule has 6 nitrogen and oxygen atoms in total. The molecule has 3 aromatic heterocycles. The van der Waals surface area contributed by atoms with E-state index in [9.17, 15) is 0 Å². The van der Waals surface area contributed by atoms with Gasteiger partial charge in [-0.1, -0.05) is 29.4 Å². The van der Waals surface area contributed by atoms with Crippen LogP contribution in [0.5, 0.6) is 0 Å². The van der Waals surface area contributed by atoms with E-state index >= 15 is 0 Å². The Balaban J connectivity index is 1.62. The van der Waals surface area contributed by atoms with Gasteiger partial charge in [-0.2, -0.15) is 4.98 Å². The van der Waals surface area contributed by atoms with Gasteiger partial charge in [0.2, 0.25) is 0 Å². The maximum absolute atomic E-state index is 5.69. The van der Waals surface area contributed by atoms with Crippen LogP contribution in [0.1, 0.15) is 11.9 Å². The number of benzene rings is 1. The fourth-order valence-electron chi connectivity index (χ4n) is 3.48. The zero-order chi connectivity index (χ0) is 18.2. The molecule has 4 heterocycles. The number of nitrogens with zero attached hydrogens (tertiary/aromatic N) is 4. The molecule has 4 aromatic rings. The minimum atomic E-state index is 0.126. The Morgan fingerprint density at radius 3 is 2.96 bits per heavy atom. The number of pyridine rings is 1. The molecule has 7 heteroatoms. The first-order valence-electron chi connectivity index (χ1n) is 8.98. The molecule has 1 aliphatic rings. The Labute approximate surface area is 160 Å². The normalized spacial score (nSPS) is 18.2. The van der Waals surface area contributed by atoms with Crippen LogP contribution >= 0.6 is 11.3 Å². The van der Waals surface area contributed by atoms with Crippen LogP contribution < -0.4 is 5.32 Å². The molecule has 1 unspecified atom stereocenters. The second-order valence-electron chi connectivity index (χ2n) is 6.71. The Morgan fingerprint density at radius 2 is 2.11 bits per heavy atom. The van der Waals surface area contributed by atoms with Gasteiger partial charge in [-0.15, -0.1) is 11.3 Å². The number of nitrogens with one attached hydrogen (secondary N) is 1. The average Bonchev–Trinajstić information content (AvgIpc) is 3.40. The first-order chi connectivity index (χ1) is 13.3. The van der Waals surface area contributed by atoms with E-state index in [1.165, 1.54) is 0 Å². The van der Waals surface area contributed by atoms with Crippen LogP contribution in [0.15, 0.2) is 52.4 Å². The lowest BCUT2D eigenvalue weighted by atomic mass is 10.1. The summed E-state index contributed by atoms with van der Waals surface area (Å²) in [6, 6.07) is 14.4. The molecule has 0 aliphatic carbocycles. The standard InChI is InChI=1S/C20H19N5OS/c1-25-9-8-21-12-17(25)19-23-20(26-24-19)14-11-16(18-7-4-10-27-18)22-15-6-3-2-5-13(14)15/h2-7,10-11,17,21H,8-9,12H2,1H3. The van der Waals surface area contributed by atoms with Gasteiger partial charge in [0, 0.05) is 25.0 Å². The Bertz CT molecular complexity index is 1080. The fourth-order valence-corrected chi connectivity index (χ4v) is 4.16. The number of piperazine rings is 1. The molecule has 1 fully saturated rings. The molecule has 1 aromatic carbocycles. The Hall–Kier alpha value is -2.61. The summed E-state index contributed by atoms with van der Waals surface area (Å²) in [5.74, 6) is 1.26. The third-order valence-corrected chi connectivity index (χ3v) is 5.86. The molecule has 136 valence electrons. The van der Waals surface area contributed by atoms with Gasteiger partial charge < -0.3 is 9.84 Å². The van der Waals surface area contributed by atoms with Gasteiger partial charge in [0.1, 0.15) is 0 Å². The summed E-state index contributed by atoms with van der Waals surface area (Å²) in [5.41, 5.74) is 2.78. The SMILES string of the molecule is CN1CCNCC1c1noc(-c2cc(-c3cccs3)nc3ccccc23)n1. The summed E-state index contributed by atoms with van der Waals surface area (Å²) < 4.78 is 5.69. The molecule has 1 saturated heterocycles. The maximum atomic E-state index is 5.69. The average molecular weight is 377 g/mol. The zero-order valence-electron chi connectivity index (χ0n) is 14.9. The van der Waals surface area contributed by atoms with Crippen molar-refractivity contribution in [2.75, 3.05) is 26.7 Å². The van der Waals surface area contributed by atoms with E-state index in [1.807, 2.05) is 36.4 Å². The van der Waals surface area contributed by atoms with Crippen molar-refractivity contribution in [1.82, 2.24) is 25.3 Å². The van der Waals surface area contributed by atoms with E-state index in [0.29, 0.717) is 5.89 Å². The van der Waals surface area contributed by atoms with Crippen molar-refractivity contribution in [3.63, 3.8) is 0 Å². The molecular formula is C20H19N5OS. The van der Waals surface area contributed by atoms with Crippen LogP contribution in [0.2, 0.25) is 0 Å². The summed E-state index contributed by atoms with van der Waals surface area (Å²) in [4.78, 5) is 12.9. The van der Waals surface area contributed by atoms with Gasteiger partial charge in [-0.25, -0.2) is 4.98 Å². The predicted molar refractivity (Wildman–Crippen MR) is 107 cm³/mol. The summed E-state index contributed by atoms with van der Waals surface area (Å²) >= 11 is 1.67. The molecule has 0 bridgehead atoms. The number of likely N-dealkylation sites (N-methyl/N-ethyl adjacent to an activating group) is 1. The van der Waals surface area contributed by atoms with Crippen molar-refractivity contribution < 1.29 is 4.52 Å². The van der Waals surface area contributed by atoms with Crippen molar-refractivity contribution in [3.05, 3.63) is 53.7 Å². The molecule has 1 aliphatic heterocycles. The van der Waals surface area contributed by atoms with Gasteiger partial charge in [0.15, 0.2) is 5.82 Å². The van der Waals surface area contributed by atoms with E-state index in [4.69, 9.17) is 14.5 Å². The van der Waals surface area contributed by atoms with E-state index in [-0.39, 0.29) is 6.04 Å². The Kier molecular flexibility index (Phi) is 4.20. The molecule has 1 atom stereocenters. The fraction of sp³-hybridized carbons (Fsp3) is 0.250. The maximum Gasteiger partial charge on any atom is 0.258 e. The van der Waals surface area contributed by atoms with Crippen LogP contribution in [0.25, 0.3) is 32.9 Å². The highest BCUT2D eigenvalue weighted by Crippen LogP contribution is 2.33. The molecule has 0 amide bonds. The second kappa shape index (κ2) is 6.84. The number of fused-ring (bicyclic) bond motifs is 1. The van der Waals surface area contributed by atoms with Gasteiger partial charge in [0.05, 0.1) is 27.7 Å². The quantitative estimate of drug-likeness (QED) is 0.589. The van der Waals surface area contributed by atoms with Crippen LogP contribution in [0.3, 0.4) is 0 Å². The van der Waals surface area contributed by atoms with Crippen LogP contribution in [0, 0.1) is 0 Å². The third kappa shape index (κ3) is 3.03.